The van der Waals surface area contributed by atoms with E-state index in [-0.39, 0.29) is 0 Å². The van der Waals surface area contributed by atoms with Crippen molar-refractivity contribution in [2.75, 3.05) is 0 Å². The molecule has 3 heteroatoms. The van der Waals surface area contributed by atoms with E-state index in [9.17, 15) is 4.79 Å². The number of allylic oxidation sites excluding steroid dienone is 1. The molecule has 0 fully saturated rings. The maximum Gasteiger partial charge on any atom is 0.344 e. The third-order valence-electron chi connectivity index (χ3n) is 1.21. The summed E-state index contributed by atoms with van der Waals surface area (Å²) in [6.07, 6.45) is 4.04. The van der Waals surface area contributed by atoms with Crippen molar-refractivity contribution in [3.8, 4) is 0 Å². The first-order valence-electron chi connectivity index (χ1n) is 2.84. The zero-order chi connectivity index (χ0) is 6.69. The fraction of sp³-hybridized carbons (Fsp3) is 0.500. The van der Waals surface area contributed by atoms with Crippen molar-refractivity contribution in [2.24, 2.45) is 0 Å². The first-order chi connectivity index (χ1) is 4.30. The molecule has 1 aliphatic heterocycles. The molecule has 1 aliphatic rings. The Labute approximate surface area is 52.9 Å². The number of rotatable bonds is 1. The summed E-state index contributed by atoms with van der Waals surface area (Å²) in [5.74, 6) is -0.876. The maximum absolute atomic E-state index is 10.2. The highest BCUT2D eigenvalue weighted by Crippen LogP contribution is 2.09. The van der Waals surface area contributed by atoms with Crippen molar-refractivity contribution < 1.29 is 14.6 Å². The van der Waals surface area contributed by atoms with E-state index >= 15 is 0 Å². The van der Waals surface area contributed by atoms with Gasteiger partial charge in [0, 0.05) is 0 Å². The fourth-order valence-electron chi connectivity index (χ4n) is 0.716. The monoisotopic (exact) mass is 128 g/mol. The van der Waals surface area contributed by atoms with Crippen molar-refractivity contribution in [1.82, 2.24) is 0 Å². The van der Waals surface area contributed by atoms with Crippen LogP contribution in [-0.4, -0.2) is 17.2 Å². The number of carbonyl (C=O) groups is 1. The van der Waals surface area contributed by atoms with Crippen LogP contribution in [0, 0.1) is 0 Å². The molecule has 0 bridgehead atoms. The molecule has 0 aromatic rings. The van der Waals surface area contributed by atoms with E-state index in [1.807, 2.05) is 6.08 Å². The second-order valence-corrected chi connectivity index (χ2v) is 1.91. The maximum atomic E-state index is 10.2. The molecule has 1 heterocycles. The summed E-state index contributed by atoms with van der Waals surface area (Å²) in [6, 6.07) is 0. The zero-order valence-corrected chi connectivity index (χ0v) is 4.91. The van der Waals surface area contributed by atoms with Gasteiger partial charge in [-0.25, -0.2) is 4.79 Å². The minimum atomic E-state index is -0.876. The van der Waals surface area contributed by atoms with E-state index in [4.69, 9.17) is 9.84 Å². The number of ether oxygens (including phenoxy) is 1. The number of hydrogen-bond donors (Lipinski definition) is 1. The first kappa shape index (κ1) is 6.13. The van der Waals surface area contributed by atoms with Crippen molar-refractivity contribution >= 4 is 5.97 Å². The summed E-state index contributed by atoms with van der Waals surface area (Å²) < 4.78 is 4.76. The Bertz CT molecular complexity index is 139. The molecule has 0 saturated heterocycles. The number of carboxylic acid groups (broad SMARTS) is 1. The molecule has 1 N–H and O–H groups in total. The van der Waals surface area contributed by atoms with Crippen LogP contribution < -0.4 is 0 Å². The van der Waals surface area contributed by atoms with Crippen LogP contribution in [0.2, 0.25) is 0 Å². The van der Waals surface area contributed by atoms with Gasteiger partial charge in [0.05, 0.1) is 6.26 Å². The average Bonchev–Trinajstić information content (AvgIpc) is 1.90. The summed E-state index contributed by atoms with van der Waals surface area (Å²) in [5.41, 5.74) is 0. The van der Waals surface area contributed by atoms with E-state index in [0.29, 0.717) is 6.42 Å². The predicted molar refractivity (Wildman–Crippen MR) is 30.9 cm³/mol. The second-order valence-electron chi connectivity index (χ2n) is 1.91. The Balaban J connectivity index is 2.44. The van der Waals surface area contributed by atoms with Crippen LogP contribution in [0.5, 0.6) is 0 Å². The van der Waals surface area contributed by atoms with Crippen LogP contribution >= 0.6 is 0 Å². The van der Waals surface area contributed by atoms with Crippen LogP contribution in [0.25, 0.3) is 0 Å². The lowest BCUT2D eigenvalue weighted by molar-refractivity contribution is -0.147. The Morgan fingerprint density at radius 2 is 2.56 bits per heavy atom. The van der Waals surface area contributed by atoms with Gasteiger partial charge in [-0.05, 0) is 18.9 Å². The molecule has 1 atom stereocenters. The molecule has 0 aliphatic carbocycles. The van der Waals surface area contributed by atoms with E-state index in [1.54, 1.807) is 0 Å². The topological polar surface area (TPSA) is 46.5 Å². The van der Waals surface area contributed by atoms with E-state index in [0.717, 1.165) is 6.42 Å². The number of carboxylic acids is 1. The largest absolute Gasteiger partial charge is 0.487 e. The molecular weight excluding hydrogens is 120 g/mol. The molecule has 0 radical (unpaired) electrons. The van der Waals surface area contributed by atoms with Gasteiger partial charge in [-0.3, -0.25) is 0 Å². The van der Waals surface area contributed by atoms with E-state index in [2.05, 4.69) is 0 Å². The van der Waals surface area contributed by atoms with E-state index in [1.165, 1.54) is 6.26 Å². The highest BCUT2D eigenvalue weighted by molar-refractivity contribution is 5.72. The molecule has 1 rings (SSSR count). The summed E-state index contributed by atoms with van der Waals surface area (Å²) >= 11 is 0. The predicted octanol–water partition coefficient (Wildman–Crippen LogP) is 0.764. The van der Waals surface area contributed by atoms with Crippen LogP contribution in [0.4, 0.5) is 0 Å². The number of aliphatic carboxylic acids is 1. The molecule has 50 valence electrons. The van der Waals surface area contributed by atoms with Crippen LogP contribution in [-0.2, 0) is 9.53 Å². The minimum Gasteiger partial charge on any atom is -0.487 e. The van der Waals surface area contributed by atoms with Crippen molar-refractivity contribution in [3.05, 3.63) is 12.3 Å². The third kappa shape index (κ3) is 1.45. The molecule has 3 nitrogen and oxygen atoms in total. The molecule has 0 spiro atoms. The molecule has 0 amide bonds. The van der Waals surface area contributed by atoms with Gasteiger partial charge in [0.1, 0.15) is 0 Å². The van der Waals surface area contributed by atoms with Crippen molar-refractivity contribution in [1.29, 1.82) is 0 Å². The second kappa shape index (κ2) is 2.53. The summed E-state index contributed by atoms with van der Waals surface area (Å²) in [7, 11) is 0. The van der Waals surface area contributed by atoms with Gasteiger partial charge < -0.3 is 9.84 Å². The van der Waals surface area contributed by atoms with Gasteiger partial charge in [-0.2, -0.15) is 0 Å². The lowest BCUT2D eigenvalue weighted by Gasteiger charge is -2.13. The molecule has 0 unspecified atom stereocenters. The Hall–Kier alpha value is -0.990. The minimum absolute atomic E-state index is 0.589. The SMILES string of the molecule is O=C(O)[C@H]1CCC=CO1. The van der Waals surface area contributed by atoms with Gasteiger partial charge in [0.2, 0.25) is 0 Å². The van der Waals surface area contributed by atoms with Crippen LogP contribution in [0.1, 0.15) is 12.8 Å². The molecule has 9 heavy (non-hydrogen) atoms. The van der Waals surface area contributed by atoms with Crippen LogP contribution in [0.3, 0.4) is 0 Å². The normalized spacial score (nSPS) is 25.1. The van der Waals surface area contributed by atoms with Crippen molar-refractivity contribution in [2.45, 2.75) is 18.9 Å². The molecule has 0 aromatic heterocycles. The van der Waals surface area contributed by atoms with Gasteiger partial charge in [-0.1, -0.05) is 0 Å². The molecule has 0 saturated carbocycles. The standard InChI is InChI=1S/C6H8O3/c7-6(8)5-3-1-2-4-9-5/h2,4-5H,1,3H2,(H,7,8)/t5-/m1/s1. The Morgan fingerprint density at radius 3 is 2.89 bits per heavy atom. The zero-order valence-electron chi connectivity index (χ0n) is 4.91. The Kier molecular flexibility index (Phi) is 1.72. The van der Waals surface area contributed by atoms with Gasteiger partial charge in [-0.15, -0.1) is 0 Å². The van der Waals surface area contributed by atoms with Gasteiger partial charge in [0.25, 0.3) is 0 Å². The summed E-state index contributed by atoms with van der Waals surface area (Å²) in [4.78, 5) is 10.2. The van der Waals surface area contributed by atoms with E-state index < -0.39 is 12.1 Å². The third-order valence-corrected chi connectivity index (χ3v) is 1.21. The quantitative estimate of drug-likeness (QED) is 0.567. The molecular formula is C6H8O3. The van der Waals surface area contributed by atoms with Gasteiger partial charge in [0.15, 0.2) is 6.10 Å². The smallest absolute Gasteiger partial charge is 0.344 e. The van der Waals surface area contributed by atoms with Crippen molar-refractivity contribution in [3.63, 3.8) is 0 Å². The van der Waals surface area contributed by atoms with Crippen LogP contribution in [0.15, 0.2) is 12.3 Å². The highest BCUT2D eigenvalue weighted by Gasteiger charge is 2.18. The lowest BCUT2D eigenvalue weighted by Crippen LogP contribution is -2.23. The van der Waals surface area contributed by atoms with Gasteiger partial charge >= 0.3 is 5.97 Å². The number of hydrogen-bond acceptors (Lipinski definition) is 2. The lowest BCUT2D eigenvalue weighted by atomic mass is 10.2. The summed E-state index contributed by atoms with van der Waals surface area (Å²) in [6.45, 7) is 0. The highest BCUT2D eigenvalue weighted by atomic mass is 16.5. The summed E-state index contributed by atoms with van der Waals surface area (Å²) in [5, 5.41) is 8.38. The average molecular weight is 128 g/mol. The molecule has 0 aromatic carbocycles. The first-order valence-corrected chi connectivity index (χ1v) is 2.84. The fourth-order valence-corrected chi connectivity index (χ4v) is 0.716. The Morgan fingerprint density at radius 1 is 1.78 bits per heavy atom.